The lowest BCUT2D eigenvalue weighted by molar-refractivity contribution is 0.138. The van der Waals surface area contributed by atoms with Gasteiger partial charge in [0, 0.05) is 20.2 Å². The van der Waals surface area contributed by atoms with E-state index in [0.29, 0.717) is 13.2 Å². The zero-order chi connectivity index (χ0) is 13.8. The summed E-state index contributed by atoms with van der Waals surface area (Å²) in [5, 5.41) is 0. The molecule has 0 radical (unpaired) electrons. The molecule has 7 heteroatoms. The molecule has 0 spiro atoms. The molecule has 1 rings (SSSR count). The molecule has 0 fully saturated rings. The van der Waals surface area contributed by atoms with Gasteiger partial charge >= 0.3 is 0 Å². The normalized spacial score (nSPS) is 12.0. The summed E-state index contributed by atoms with van der Waals surface area (Å²) in [4.78, 5) is -0.0945. The minimum absolute atomic E-state index is 0.0945. The second-order valence-electron chi connectivity index (χ2n) is 3.71. The highest BCUT2D eigenvalue weighted by Gasteiger charge is 2.23. The first-order chi connectivity index (χ1) is 8.39. The Balaban J connectivity index is 2.91. The Bertz CT molecular complexity index is 505. The van der Waals surface area contributed by atoms with E-state index in [4.69, 9.17) is 10.5 Å². The lowest BCUT2D eigenvalue weighted by Crippen LogP contribution is -2.30. The Labute approximate surface area is 106 Å². The predicted molar refractivity (Wildman–Crippen MR) is 67.1 cm³/mol. The lowest BCUT2D eigenvalue weighted by atomic mass is 10.3. The van der Waals surface area contributed by atoms with Crippen molar-refractivity contribution in [3.05, 3.63) is 24.0 Å². The van der Waals surface area contributed by atoms with Crippen molar-refractivity contribution >= 4 is 15.7 Å². The third-order valence-corrected chi connectivity index (χ3v) is 4.35. The highest BCUT2D eigenvalue weighted by Crippen LogP contribution is 2.22. The summed E-state index contributed by atoms with van der Waals surface area (Å²) in [6.45, 7) is 2.86. The van der Waals surface area contributed by atoms with E-state index in [1.54, 1.807) is 0 Å². The molecular weight excluding hydrogens is 259 g/mol. The van der Waals surface area contributed by atoms with Gasteiger partial charge in [-0.3, -0.25) is 0 Å². The molecule has 0 bridgehead atoms. The van der Waals surface area contributed by atoms with Gasteiger partial charge in [0.1, 0.15) is 10.7 Å². The number of halogens is 1. The summed E-state index contributed by atoms with van der Waals surface area (Å²) in [6.07, 6.45) is 0. The van der Waals surface area contributed by atoms with E-state index in [0.717, 1.165) is 22.5 Å². The molecule has 1 aromatic carbocycles. The van der Waals surface area contributed by atoms with Gasteiger partial charge in [0.2, 0.25) is 10.0 Å². The van der Waals surface area contributed by atoms with Gasteiger partial charge in [-0.05, 0) is 25.1 Å². The van der Waals surface area contributed by atoms with Crippen molar-refractivity contribution in [1.29, 1.82) is 0 Å². The van der Waals surface area contributed by atoms with E-state index in [9.17, 15) is 12.8 Å². The molecule has 1 aromatic rings. The first-order valence-electron chi connectivity index (χ1n) is 5.48. The van der Waals surface area contributed by atoms with E-state index < -0.39 is 15.8 Å². The van der Waals surface area contributed by atoms with Crippen molar-refractivity contribution in [2.24, 2.45) is 0 Å². The number of rotatable bonds is 6. The molecule has 0 saturated carbocycles. The topological polar surface area (TPSA) is 72.6 Å². The van der Waals surface area contributed by atoms with E-state index in [-0.39, 0.29) is 17.1 Å². The maximum absolute atomic E-state index is 12.9. The molecule has 0 aliphatic carbocycles. The van der Waals surface area contributed by atoms with Crippen LogP contribution in [0.5, 0.6) is 0 Å². The number of anilines is 1. The number of likely N-dealkylation sites (N-methyl/N-ethyl adjacent to an activating group) is 1. The highest BCUT2D eigenvalue weighted by molar-refractivity contribution is 7.89. The van der Waals surface area contributed by atoms with Gasteiger partial charge in [-0.1, -0.05) is 0 Å². The monoisotopic (exact) mass is 276 g/mol. The van der Waals surface area contributed by atoms with Crippen LogP contribution in [-0.4, -0.2) is 39.5 Å². The maximum atomic E-state index is 12.9. The fourth-order valence-corrected chi connectivity index (χ4v) is 2.63. The number of sulfonamides is 1. The van der Waals surface area contributed by atoms with Gasteiger partial charge in [-0.25, -0.2) is 12.8 Å². The van der Waals surface area contributed by atoms with Gasteiger partial charge in [-0.2, -0.15) is 4.31 Å². The van der Waals surface area contributed by atoms with Gasteiger partial charge < -0.3 is 10.5 Å². The van der Waals surface area contributed by atoms with E-state index >= 15 is 0 Å². The van der Waals surface area contributed by atoms with Gasteiger partial charge in [0.05, 0.1) is 12.3 Å². The number of hydrogen-bond acceptors (Lipinski definition) is 4. The molecule has 0 amide bonds. The average Bonchev–Trinajstić information content (AvgIpc) is 2.28. The molecule has 0 atom stereocenters. The summed E-state index contributed by atoms with van der Waals surface area (Å²) >= 11 is 0. The Hall–Kier alpha value is -1.18. The molecule has 0 aromatic heterocycles. The van der Waals surface area contributed by atoms with Crippen molar-refractivity contribution in [2.75, 3.05) is 32.5 Å². The minimum Gasteiger partial charge on any atom is -0.398 e. The second kappa shape index (κ2) is 6.12. The van der Waals surface area contributed by atoms with Gasteiger partial charge in [-0.15, -0.1) is 0 Å². The Morgan fingerprint density at radius 1 is 1.44 bits per heavy atom. The van der Waals surface area contributed by atoms with Crippen LogP contribution >= 0.6 is 0 Å². The SMILES string of the molecule is CCOCCN(C)S(=O)(=O)c1ccc(F)cc1N. The third kappa shape index (κ3) is 3.41. The molecule has 0 aliphatic rings. The standard InChI is InChI=1S/C11H17FN2O3S/c1-3-17-7-6-14(2)18(15,16)11-5-4-9(12)8-10(11)13/h4-5,8H,3,6-7,13H2,1-2H3. The van der Waals surface area contributed by atoms with Gasteiger partial charge in [0.25, 0.3) is 0 Å². The van der Waals surface area contributed by atoms with Crippen molar-refractivity contribution in [1.82, 2.24) is 4.31 Å². The molecular formula is C11H17FN2O3S. The first-order valence-corrected chi connectivity index (χ1v) is 6.92. The first kappa shape index (κ1) is 14.9. The second-order valence-corrected chi connectivity index (χ2v) is 5.72. The summed E-state index contributed by atoms with van der Waals surface area (Å²) in [5.41, 5.74) is 5.42. The van der Waals surface area contributed by atoms with Crippen LogP contribution in [0.25, 0.3) is 0 Å². The molecule has 2 N–H and O–H groups in total. The third-order valence-electron chi connectivity index (χ3n) is 2.41. The van der Waals surface area contributed by atoms with Crippen LogP contribution in [0.4, 0.5) is 10.1 Å². The van der Waals surface area contributed by atoms with Crippen molar-refractivity contribution < 1.29 is 17.5 Å². The number of nitrogens with zero attached hydrogens (tertiary/aromatic N) is 1. The molecule has 5 nitrogen and oxygen atoms in total. The Kier molecular flexibility index (Phi) is 5.06. The van der Waals surface area contributed by atoms with E-state index in [1.807, 2.05) is 6.92 Å². The summed E-state index contributed by atoms with van der Waals surface area (Å²) < 4.78 is 43.3. The summed E-state index contributed by atoms with van der Waals surface area (Å²) in [5.74, 6) is -0.566. The van der Waals surface area contributed by atoms with Crippen LogP contribution in [0.1, 0.15) is 6.92 Å². The number of ether oxygens (including phenoxy) is 1. The molecule has 0 saturated heterocycles. The van der Waals surface area contributed by atoms with E-state index in [1.165, 1.54) is 7.05 Å². The quantitative estimate of drug-likeness (QED) is 0.623. The average molecular weight is 276 g/mol. The molecule has 0 unspecified atom stereocenters. The zero-order valence-corrected chi connectivity index (χ0v) is 11.2. The molecule has 0 aliphatic heterocycles. The number of benzene rings is 1. The van der Waals surface area contributed by atoms with Crippen molar-refractivity contribution in [3.63, 3.8) is 0 Å². The highest BCUT2D eigenvalue weighted by atomic mass is 32.2. The van der Waals surface area contributed by atoms with Crippen LogP contribution in [0.3, 0.4) is 0 Å². The van der Waals surface area contributed by atoms with Crippen LogP contribution in [0.2, 0.25) is 0 Å². The van der Waals surface area contributed by atoms with Crippen LogP contribution in [-0.2, 0) is 14.8 Å². The van der Waals surface area contributed by atoms with Crippen molar-refractivity contribution in [2.45, 2.75) is 11.8 Å². The largest absolute Gasteiger partial charge is 0.398 e. The number of hydrogen-bond donors (Lipinski definition) is 1. The fourth-order valence-electron chi connectivity index (χ4n) is 1.38. The predicted octanol–water partition coefficient (Wildman–Crippen LogP) is 1.06. The van der Waals surface area contributed by atoms with Crippen LogP contribution in [0.15, 0.2) is 23.1 Å². The molecule has 102 valence electrons. The van der Waals surface area contributed by atoms with Crippen molar-refractivity contribution in [3.8, 4) is 0 Å². The summed E-state index contributed by atoms with van der Waals surface area (Å²) in [6, 6.07) is 3.22. The molecule has 18 heavy (non-hydrogen) atoms. The number of nitrogen functional groups attached to an aromatic ring is 1. The smallest absolute Gasteiger partial charge is 0.244 e. The lowest BCUT2D eigenvalue weighted by Gasteiger charge is -2.18. The number of nitrogens with two attached hydrogens (primary N) is 1. The zero-order valence-electron chi connectivity index (χ0n) is 10.4. The summed E-state index contributed by atoms with van der Waals surface area (Å²) in [7, 11) is -2.28. The maximum Gasteiger partial charge on any atom is 0.244 e. The van der Waals surface area contributed by atoms with Gasteiger partial charge in [0.15, 0.2) is 0 Å². The fraction of sp³-hybridized carbons (Fsp3) is 0.455. The Morgan fingerprint density at radius 2 is 2.11 bits per heavy atom. The Morgan fingerprint density at radius 3 is 2.67 bits per heavy atom. The van der Waals surface area contributed by atoms with Crippen LogP contribution < -0.4 is 5.73 Å². The van der Waals surface area contributed by atoms with E-state index in [2.05, 4.69) is 0 Å². The molecule has 0 heterocycles. The van der Waals surface area contributed by atoms with Crippen LogP contribution in [0, 0.1) is 5.82 Å². The minimum atomic E-state index is -3.71.